The maximum Gasteiger partial charge on any atom is 0.245 e. The van der Waals surface area contributed by atoms with Crippen LogP contribution in [0.3, 0.4) is 0 Å². The number of carbonyl (C=O) groups is 1. The maximum absolute atomic E-state index is 11.8. The molecule has 2 rings (SSSR count). The first-order valence-corrected chi connectivity index (χ1v) is 5.13. The van der Waals surface area contributed by atoms with Crippen LogP contribution in [0.4, 0.5) is 5.82 Å². The number of aromatic nitrogens is 1. The van der Waals surface area contributed by atoms with E-state index in [1.54, 1.807) is 6.20 Å². The summed E-state index contributed by atoms with van der Waals surface area (Å²) in [6, 6.07) is 3.72. The SMILES string of the molecule is Cc1ccnc(NC(=O)C2(N)CCC2)c1. The molecule has 0 spiro atoms. The van der Waals surface area contributed by atoms with Crippen LogP contribution in [-0.4, -0.2) is 16.4 Å². The Labute approximate surface area is 88.9 Å². The lowest BCUT2D eigenvalue weighted by molar-refractivity contribution is -0.123. The molecule has 1 fully saturated rings. The van der Waals surface area contributed by atoms with E-state index in [2.05, 4.69) is 10.3 Å². The molecule has 0 unspecified atom stereocenters. The Morgan fingerprint density at radius 3 is 2.87 bits per heavy atom. The van der Waals surface area contributed by atoms with Crippen molar-refractivity contribution in [1.29, 1.82) is 0 Å². The number of carbonyl (C=O) groups excluding carboxylic acids is 1. The second-order valence-corrected chi connectivity index (χ2v) is 4.18. The van der Waals surface area contributed by atoms with Crippen molar-refractivity contribution in [3.63, 3.8) is 0 Å². The zero-order valence-corrected chi connectivity index (χ0v) is 8.79. The fourth-order valence-electron chi connectivity index (χ4n) is 1.63. The monoisotopic (exact) mass is 205 g/mol. The quantitative estimate of drug-likeness (QED) is 0.762. The topological polar surface area (TPSA) is 68.0 Å². The zero-order chi connectivity index (χ0) is 10.9. The van der Waals surface area contributed by atoms with Gasteiger partial charge < -0.3 is 11.1 Å². The molecule has 1 amide bonds. The first kappa shape index (κ1) is 10.1. The van der Waals surface area contributed by atoms with Crippen LogP contribution in [0.1, 0.15) is 24.8 Å². The number of rotatable bonds is 2. The number of hydrogen-bond donors (Lipinski definition) is 2. The minimum Gasteiger partial charge on any atom is -0.317 e. The first-order chi connectivity index (χ1) is 7.10. The van der Waals surface area contributed by atoms with Gasteiger partial charge in [-0.05, 0) is 43.9 Å². The minimum absolute atomic E-state index is 0.119. The van der Waals surface area contributed by atoms with Gasteiger partial charge in [0.15, 0.2) is 0 Å². The van der Waals surface area contributed by atoms with Crippen molar-refractivity contribution in [2.45, 2.75) is 31.7 Å². The van der Waals surface area contributed by atoms with Gasteiger partial charge in [0.2, 0.25) is 5.91 Å². The van der Waals surface area contributed by atoms with Gasteiger partial charge in [-0.2, -0.15) is 0 Å². The summed E-state index contributed by atoms with van der Waals surface area (Å²) in [6.07, 6.45) is 4.25. The molecule has 1 aliphatic rings. The fraction of sp³-hybridized carbons (Fsp3) is 0.455. The normalized spacial score (nSPS) is 18.0. The Hall–Kier alpha value is -1.42. The summed E-state index contributed by atoms with van der Waals surface area (Å²) >= 11 is 0. The van der Waals surface area contributed by atoms with Gasteiger partial charge in [-0.3, -0.25) is 4.79 Å². The number of pyridine rings is 1. The highest BCUT2D eigenvalue weighted by Gasteiger charge is 2.40. The van der Waals surface area contributed by atoms with Crippen molar-refractivity contribution >= 4 is 11.7 Å². The highest BCUT2D eigenvalue weighted by molar-refractivity contribution is 5.97. The van der Waals surface area contributed by atoms with Crippen molar-refractivity contribution in [1.82, 2.24) is 4.98 Å². The van der Waals surface area contributed by atoms with E-state index in [9.17, 15) is 4.79 Å². The van der Waals surface area contributed by atoms with Crippen LogP contribution >= 0.6 is 0 Å². The van der Waals surface area contributed by atoms with Crippen molar-refractivity contribution in [3.8, 4) is 0 Å². The van der Waals surface area contributed by atoms with Crippen LogP contribution in [0, 0.1) is 6.92 Å². The van der Waals surface area contributed by atoms with E-state index in [-0.39, 0.29) is 5.91 Å². The molecule has 0 aliphatic heterocycles. The predicted molar refractivity (Wildman–Crippen MR) is 58.4 cm³/mol. The van der Waals surface area contributed by atoms with Crippen LogP contribution in [0.15, 0.2) is 18.3 Å². The molecule has 15 heavy (non-hydrogen) atoms. The molecule has 80 valence electrons. The lowest BCUT2D eigenvalue weighted by Crippen LogP contribution is -2.56. The van der Waals surface area contributed by atoms with Crippen molar-refractivity contribution in [2.75, 3.05) is 5.32 Å². The van der Waals surface area contributed by atoms with Crippen LogP contribution in [0.25, 0.3) is 0 Å². The molecule has 0 bridgehead atoms. The molecule has 1 aromatic rings. The van der Waals surface area contributed by atoms with E-state index in [4.69, 9.17) is 5.73 Å². The van der Waals surface area contributed by atoms with Gasteiger partial charge in [0.1, 0.15) is 5.82 Å². The molecule has 0 saturated heterocycles. The van der Waals surface area contributed by atoms with Gasteiger partial charge in [-0.25, -0.2) is 4.98 Å². The maximum atomic E-state index is 11.8. The van der Waals surface area contributed by atoms with Crippen molar-refractivity contribution < 1.29 is 4.79 Å². The number of hydrogen-bond acceptors (Lipinski definition) is 3. The summed E-state index contributed by atoms with van der Waals surface area (Å²) in [7, 11) is 0. The Balaban J connectivity index is 2.06. The van der Waals surface area contributed by atoms with E-state index < -0.39 is 5.54 Å². The van der Waals surface area contributed by atoms with Gasteiger partial charge in [0, 0.05) is 6.20 Å². The smallest absolute Gasteiger partial charge is 0.245 e. The molecular weight excluding hydrogens is 190 g/mol. The third-order valence-electron chi connectivity index (χ3n) is 2.86. The number of nitrogens with two attached hydrogens (primary N) is 1. The molecular formula is C11H15N3O. The zero-order valence-electron chi connectivity index (χ0n) is 8.79. The summed E-state index contributed by atoms with van der Waals surface area (Å²) in [4.78, 5) is 15.8. The fourth-order valence-corrected chi connectivity index (χ4v) is 1.63. The molecule has 4 heteroatoms. The third kappa shape index (κ3) is 1.99. The first-order valence-electron chi connectivity index (χ1n) is 5.13. The number of nitrogens with one attached hydrogen (secondary N) is 1. The number of nitrogens with zero attached hydrogens (tertiary/aromatic N) is 1. The molecule has 1 saturated carbocycles. The van der Waals surface area contributed by atoms with Gasteiger partial charge in [-0.15, -0.1) is 0 Å². The van der Waals surface area contributed by atoms with Crippen LogP contribution in [0.2, 0.25) is 0 Å². The van der Waals surface area contributed by atoms with E-state index in [0.29, 0.717) is 5.82 Å². The molecule has 0 radical (unpaired) electrons. The second-order valence-electron chi connectivity index (χ2n) is 4.18. The van der Waals surface area contributed by atoms with Crippen molar-refractivity contribution in [3.05, 3.63) is 23.9 Å². The molecule has 4 nitrogen and oxygen atoms in total. The molecule has 3 N–H and O–H groups in total. The van der Waals surface area contributed by atoms with E-state index >= 15 is 0 Å². The molecule has 0 atom stereocenters. The van der Waals surface area contributed by atoms with Gasteiger partial charge >= 0.3 is 0 Å². The van der Waals surface area contributed by atoms with Crippen LogP contribution < -0.4 is 11.1 Å². The lowest BCUT2D eigenvalue weighted by atomic mass is 9.77. The molecule has 1 aliphatic carbocycles. The second kappa shape index (κ2) is 3.62. The van der Waals surface area contributed by atoms with E-state index in [1.807, 2.05) is 19.1 Å². The third-order valence-corrected chi connectivity index (χ3v) is 2.86. The molecule has 1 heterocycles. The average Bonchev–Trinajstić information content (AvgIpc) is 2.14. The number of aryl methyl sites for hydroxylation is 1. The summed E-state index contributed by atoms with van der Waals surface area (Å²) in [5.41, 5.74) is 6.30. The van der Waals surface area contributed by atoms with Crippen molar-refractivity contribution in [2.24, 2.45) is 5.73 Å². The summed E-state index contributed by atoms with van der Waals surface area (Å²) in [5.74, 6) is 0.462. The summed E-state index contributed by atoms with van der Waals surface area (Å²) in [6.45, 7) is 1.96. The predicted octanol–water partition coefficient (Wildman–Crippen LogP) is 1.21. The van der Waals surface area contributed by atoms with Crippen LogP contribution in [-0.2, 0) is 4.79 Å². The van der Waals surface area contributed by atoms with Gasteiger partial charge in [-0.1, -0.05) is 0 Å². The minimum atomic E-state index is -0.661. The standard InChI is InChI=1S/C11H15N3O/c1-8-3-6-13-9(7-8)14-10(15)11(12)4-2-5-11/h3,6-7H,2,4-5,12H2,1H3,(H,13,14,15). The summed E-state index contributed by atoms with van der Waals surface area (Å²) < 4.78 is 0. The number of amides is 1. The lowest BCUT2D eigenvalue weighted by Gasteiger charge is -2.35. The van der Waals surface area contributed by atoms with E-state index in [1.165, 1.54) is 0 Å². The van der Waals surface area contributed by atoms with Crippen LogP contribution in [0.5, 0.6) is 0 Å². The highest BCUT2D eigenvalue weighted by atomic mass is 16.2. The highest BCUT2D eigenvalue weighted by Crippen LogP contribution is 2.30. The Bertz CT molecular complexity index is 385. The molecule has 0 aromatic carbocycles. The molecule has 1 aromatic heterocycles. The Kier molecular flexibility index (Phi) is 2.44. The largest absolute Gasteiger partial charge is 0.317 e. The van der Waals surface area contributed by atoms with Gasteiger partial charge in [0.05, 0.1) is 5.54 Å². The Morgan fingerprint density at radius 2 is 2.33 bits per heavy atom. The van der Waals surface area contributed by atoms with Gasteiger partial charge in [0.25, 0.3) is 0 Å². The number of anilines is 1. The summed E-state index contributed by atoms with van der Waals surface area (Å²) in [5, 5.41) is 2.75. The Morgan fingerprint density at radius 1 is 1.60 bits per heavy atom. The van der Waals surface area contributed by atoms with E-state index in [0.717, 1.165) is 24.8 Å². The average molecular weight is 205 g/mol.